The zero-order valence-electron chi connectivity index (χ0n) is 9.26. The van der Waals surface area contributed by atoms with E-state index >= 15 is 0 Å². The van der Waals surface area contributed by atoms with Gasteiger partial charge in [-0.15, -0.1) is 0 Å². The summed E-state index contributed by atoms with van der Waals surface area (Å²) >= 11 is 1.81. The van der Waals surface area contributed by atoms with Crippen LogP contribution in [0.2, 0.25) is 0 Å². The largest absolute Gasteiger partial charge is 0.385 e. The topological polar surface area (TPSA) is 35.9 Å². The Morgan fingerprint density at radius 2 is 1.29 bits per heavy atom. The lowest BCUT2D eigenvalue weighted by Gasteiger charge is -2.13. The maximum atomic E-state index is 3.03. The minimum absolute atomic E-state index is 0.342. The van der Waals surface area contributed by atoms with Gasteiger partial charge in [-0.05, 0) is 22.9 Å². The second-order valence-corrected chi connectivity index (χ2v) is 5.01. The van der Waals surface area contributed by atoms with E-state index < -0.39 is 0 Å². The van der Waals surface area contributed by atoms with Crippen LogP contribution in [-0.4, -0.2) is 5.17 Å². The molecule has 2 nitrogen and oxygen atoms in total. The molecule has 2 aromatic rings. The van der Waals surface area contributed by atoms with Gasteiger partial charge >= 0.3 is 5.17 Å². The van der Waals surface area contributed by atoms with E-state index in [9.17, 15) is 0 Å². The average molecular weight is 241 g/mol. The number of benzene rings is 2. The van der Waals surface area contributed by atoms with Crippen LogP contribution in [-0.2, 0) is 0 Å². The van der Waals surface area contributed by atoms with Gasteiger partial charge in [-0.2, -0.15) is 0 Å². The fraction of sp³-hybridized carbons (Fsp3) is 0.0714. The molecule has 0 saturated carbocycles. The number of hydrazone groups is 1. The van der Waals surface area contributed by atoms with E-state index in [4.69, 9.17) is 0 Å². The number of hydrogen-bond acceptors (Lipinski definition) is 2. The zero-order valence-corrected chi connectivity index (χ0v) is 10.1. The van der Waals surface area contributed by atoms with Crippen molar-refractivity contribution in [2.75, 3.05) is 0 Å². The van der Waals surface area contributed by atoms with Crippen molar-refractivity contribution in [1.82, 2.24) is 5.43 Å². The highest BCUT2D eigenvalue weighted by atomic mass is 32.2. The number of hydrogen-bond donors (Lipinski definition) is 2. The highest BCUT2D eigenvalue weighted by Crippen LogP contribution is 2.35. The number of nitrogens with one attached hydrogen (secondary N) is 2. The summed E-state index contributed by atoms with van der Waals surface area (Å²) in [6.07, 6.45) is 0. The van der Waals surface area contributed by atoms with Crippen LogP contribution >= 0.6 is 11.8 Å². The first-order valence-electron chi connectivity index (χ1n) is 5.59. The first-order valence-corrected chi connectivity index (χ1v) is 6.47. The molecule has 3 heteroatoms. The van der Waals surface area contributed by atoms with Gasteiger partial charge in [0, 0.05) is 0 Å². The van der Waals surface area contributed by atoms with Crippen molar-refractivity contribution in [3.63, 3.8) is 0 Å². The summed E-state index contributed by atoms with van der Waals surface area (Å²) in [5.74, 6) is 0. The molecular formula is C14H13N2S+. The molecule has 0 aromatic heterocycles. The van der Waals surface area contributed by atoms with Gasteiger partial charge < -0.3 is 0 Å². The van der Waals surface area contributed by atoms with E-state index in [1.807, 2.05) is 11.8 Å². The SMILES string of the molecule is c1ccc(C(SC2=[NH+]N2)c2ccccc2)cc1. The molecule has 2 aromatic carbocycles. The second kappa shape index (κ2) is 4.63. The predicted octanol–water partition coefficient (Wildman–Crippen LogP) is 1.46. The third-order valence-electron chi connectivity index (χ3n) is 2.67. The fourth-order valence-corrected chi connectivity index (χ4v) is 2.78. The van der Waals surface area contributed by atoms with E-state index in [1.165, 1.54) is 11.1 Å². The van der Waals surface area contributed by atoms with E-state index in [1.54, 1.807) is 0 Å². The normalized spacial score (nSPS) is 13.1. The summed E-state index contributed by atoms with van der Waals surface area (Å²) in [6, 6.07) is 21.2. The average Bonchev–Trinajstić information content (AvgIpc) is 3.22. The molecule has 0 bridgehead atoms. The standard InChI is InChI=1S/C14H12N2S/c1-3-7-11(8-4-1)13(17-14-15-16-14)12-9-5-2-6-10-12/h1-10,13H,(H,15,16)/p+1. The first-order chi connectivity index (χ1) is 8.43. The summed E-state index contributed by atoms with van der Waals surface area (Å²) in [6.45, 7) is 0. The Kier molecular flexibility index (Phi) is 2.84. The van der Waals surface area contributed by atoms with Crippen molar-refractivity contribution >= 4 is 16.9 Å². The number of hydrazine groups is 1. The molecule has 0 saturated heterocycles. The highest BCUT2D eigenvalue weighted by molar-refractivity contribution is 8.14. The van der Waals surface area contributed by atoms with Crippen molar-refractivity contribution < 1.29 is 5.10 Å². The Morgan fingerprint density at radius 1 is 0.824 bits per heavy atom. The van der Waals surface area contributed by atoms with Gasteiger partial charge in [0.05, 0.1) is 5.25 Å². The molecule has 0 aliphatic carbocycles. The molecule has 2 N–H and O–H groups in total. The smallest absolute Gasteiger partial charge is 0.0902 e. The fourth-order valence-electron chi connectivity index (χ4n) is 1.79. The van der Waals surface area contributed by atoms with Crippen LogP contribution in [0.3, 0.4) is 0 Å². The van der Waals surface area contributed by atoms with Crippen LogP contribution < -0.4 is 10.5 Å². The van der Waals surface area contributed by atoms with E-state index in [2.05, 4.69) is 71.2 Å². The highest BCUT2D eigenvalue weighted by Gasteiger charge is 2.28. The van der Waals surface area contributed by atoms with Gasteiger partial charge in [-0.25, -0.2) is 0 Å². The van der Waals surface area contributed by atoms with Crippen molar-refractivity contribution in [2.45, 2.75) is 5.25 Å². The maximum absolute atomic E-state index is 3.03. The Balaban J connectivity index is 1.94. The molecule has 0 fully saturated rings. The zero-order chi connectivity index (χ0) is 11.5. The Bertz CT molecular complexity index is 483. The Labute approximate surface area is 105 Å². The second-order valence-electron chi connectivity index (χ2n) is 3.90. The molecule has 17 heavy (non-hydrogen) atoms. The van der Waals surface area contributed by atoms with Gasteiger partial charge in [-0.3, -0.25) is 0 Å². The number of rotatable bonds is 3. The summed E-state index contributed by atoms with van der Waals surface area (Å²) in [7, 11) is 0. The van der Waals surface area contributed by atoms with Crippen molar-refractivity contribution in [3.8, 4) is 0 Å². The molecule has 1 aliphatic heterocycles. The predicted molar refractivity (Wildman–Crippen MR) is 71.4 cm³/mol. The summed E-state index contributed by atoms with van der Waals surface area (Å²) < 4.78 is 0. The lowest BCUT2D eigenvalue weighted by Crippen LogP contribution is -2.52. The molecule has 0 spiro atoms. The van der Waals surface area contributed by atoms with E-state index in [0.717, 1.165) is 5.17 Å². The minimum Gasteiger partial charge on any atom is -0.0902 e. The molecule has 1 aliphatic rings. The molecule has 3 rings (SSSR count). The van der Waals surface area contributed by atoms with Crippen molar-refractivity contribution in [2.24, 2.45) is 0 Å². The monoisotopic (exact) mass is 241 g/mol. The number of amidine groups is 1. The molecule has 84 valence electrons. The van der Waals surface area contributed by atoms with Gasteiger partial charge in [0.1, 0.15) is 0 Å². The molecule has 0 amide bonds. The van der Waals surface area contributed by atoms with E-state index in [-0.39, 0.29) is 0 Å². The van der Waals surface area contributed by atoms with Crippen LogP contribution in [0.1, 0.15) is 16.4 Å². The molecule has 0 radical (unpaired) electrons. The third-order valence-corrected chi connectivity index (χ3v) is 3.89. The van der Waals surface area contributed by atoms with Gasteiger partial charge in [0.25, 0.3) is 0 Å². The van der Waals surface area contributed by atoms with Crippen LogP contribution in [0.15, 0.2) is 60.7 Å². The van der Waals surface area contributed by atoms with Crippen LogP contribution in [0.5, 0.6) is 0 Å². The summed E-state index contributed by atoms with van der Waals surface area (Å²) in [5, 5.41) is 4.52. The molecule has 0 unspecified atom stereocenters. The molecule has 0 atom stereocenters. The molecule has 1 heterocycles. The summed E-state index contributed by atoms with van der Waals surface area (Å²) in [5.41, 5.74) is 5.69. The lowest BCUT2D eigenvalue weighted by atomic mass is 10.0. The minimum atomic E-state index is 0.342. The summed E-state index contributed by atoms with van der Waals surface area (Å²) in [4.78, 5) is 0. The Hall–Kier alpha value is -1.74. The van der Waals surface area contributed by atoms with Gasteiger partial charge in [0.15, 0.2) is 0 Å². The third kappa shape index (κ3) is 2.50. The first kappa shape index (κ1) is 10.4. The lowest BCUT2D eigenvalue weighted by molar-refractivity contribution is -0.408. The maximum Gasteiger partial charge on any atom is 0.385 e. The van der Waals surface area contributed by atoms with Crippen molar-refractivity contribution in [1.29, 1.82) is 0 Å². The van der Waals surface area contributed by atoms with Crippen LogP contribution in [0.25, 0.3) is 0 Å². The van der Waals surface area contributed by atoms with Gasteiger partial charge in [-0.1, -0.05) is 71.2 Å². The number of thioether (sulfide) groups is 1. The van der Waals surface area contributed by atoms with Crippen LogP contribution in [0.4, 0.5) is 0 Å². The van der Waals surface area contributed by atoms with Gasteiger partial charge in [0.2, 0.25) is 0 Å². The Morgan fingerprint density at radius 3 is 1.71 bits per heavy atom. The van der Waals surface area contributed by atoms with E-state index in [0.29, 0.717) is 5.25 Å². The molecular weight excluding hydrogens is 228 g/mol. The van der Waals surface area contributed by atoms with Crippen molar-refractivity contribution in [3.05, 3.63) is 71.8 Å². The van der Waals surface area contributed by atoms with Crippen LogP contribution in [0, 0.1) is 0 Å². The quantitative estimate of drug-likeness (QED) is 0.853.